The third kappa shape index (κ3) is 4.74. The first kappa shape index (κ1) is 15.2. The van der Waals surface area contributed by atoms with Crippen LogP contribution >= 0.6 is 11.3 Å². The molecular weight excluding hydrogens is 272 g/mol. The van der Waals surface area contributed by atoms with Crippen LogP contribution in [-0.2, 0) is 11.3 Å². The van der Waals surface area contributed by atoms with Crippen molar-refractivity contribution < 1.29 is 9.90 Å². The number of carbonyl (C=O) groups is 1. The summed E-state index contributed by atoms with van der Waals surface area (Å²) in [6.45, 7) is 5.53. The van der Waals surface area contributed by atoms with Gasteiger partial charge in [0.2, 0.25) is 0 Å². The van der Waals surface area contributed by atoms with Crippen LogP contribution in [0.25, 0.3) is 6.08 Å². The van der Waals surface area contributed by atoms with E-state index in [4.69, 9.17) is 5.11 Å². The summed E-state index contributed by atoms with van der Waals surface area (Å²) < 4.78 is 0. The normalized spacial score (nSPS) is 16.5. The van der Waals surface area contributed by atoms with Crippen LogP contribution in [0.3, 0.4) is 0 Å². The van der Waals surface area contributed by atoms with Crippen molar-refractivity contribution in [3.63, 3.8) is 0 Å². The Kier molecular flexibility index (Phi) is 5.76. The molecule has 110 valence electrons. The lowest BCUT2D eigenvalue weighted by Crippen LogP contribution is -2.31. The molecule has 20 heavy (non-hydrogen) atoms. The second-order valence-corrected chi connectivity index (χ2v) is 6.26. The van der Waals surface area contributed by atoms with Crippen molar-refractivity contribution in [2.24, 2.45) is 0 Å². The van der Waals surface area contributed by atoms with Crippen molar-refractivity contribution in [2.75, 3.05) is 33.2 Å². The summed E-state index contributed by atoms with van der Waals surface area (Å²) in [4.78, 5) is 16.6. The Morgan fingerprint density at radius 2 is 2.25 bits per heavy atom. The Morgan fingerprint density at radius 3 is 2.95 bits per heavy atom. The van der Waals surface area contributed by atoms with Gasteiger partial charge >= 0.3 is 5.97 Å². The number of hydrogen-bond acceptors (Lipinski definition) is 4. The molecule has 0 atom stereocenters. The molecule has 1 aromatic heterocycles. The summed E-state index contributed by atoms with van der Waals surface area (Å²) in [5.74, 6) is -0.899. The lowest BCUT2D eigenvalue weighted by molar-refractivity contribution is -0.131. The minimum atomic E-state index is -0.899. The molecule has 0 spiro atoms. The fraction of sp³-hybridized carbons (Fsp3) is 0.533. The highest BCUT2D eigenvalue weighted by Crippen LogP contribution is 2.20. The Hall–Kier alpha value is -1.17. The quantitative estimate of drug-likeness (QED) is 0.784. The van der Waals surface area contributed by atoms with Crippen molar-refractivity contribution >= 4 is 23.4 Å². The first-order valence-electron chi connectivity index (χ1n) is 7.03. The minimum absolute atomic E-state index is 0.880. The smallest absolute Gasteiger partial charge is 0.328 e. The van der Waals surface area contributed by atoms with Crippen LogP contribution in [0.5, 0.6) is 0 Å². The Bertz CT molecular complexity index is 464. The van der Waals surface area contributed by atoms with E-state index in [1.165, 1.54) is 36.9 Å². The van der Waals surface area contributed by atoms with E-state index in [-0.39, 0.29) is 0 Å². The summed E-state index contributed by atoms with van der Waals surface area (Å²) >= 11 is 1.69. The summed E-state index contributed by atoms with van der Waals surface area (Å²) in [6, 6.07) is 1.98. The van der Waals surface area contributed by atoms with Crippen molar-refractivity contribution in [1.82, 2.24) is 9.80 Å². The number of thiophene rings is 1. The molecule has 1 fully saturated rings. The molecule has 1 aromatic rings. The predicted octanol–water partition coefficient (Wildman–Crippen LogP) is 2.37. The lowest BCUT2D eigenvalue weighted by Gasteiger charge is -2.21. The largest absolute Gasteiger partial charge is 0.478 e. The number of hydrogen-bond donors (Lipinski definition) is 1. The van der Waals surface area contributed by atoms with E-state index in [9.17, 15) is 4.79 Å². The number of rotatable bonds is 7. The monoisotopic (exact) mass is 294 g/mol. The standard InChI is InChI=1S/C15H22N2O2S/c1-16(9-10-17-7-2-3-8-17)12-14-13(6-11-20-14)4-5-15(18)19/h4-6,11H,2-3,7-10,12H2,1H3,(H,18,19). The highest BCUT2D eigenvalue weighted by Gasteiger charge is 2.12. The highest BCUT2D eigenvalue weighted by atomic mass is 32.1. The molecule has 0 bridgehead atoms. The summed E-state index contributed by atoms with van der Waals surface area (Å²) in [5.41, 5.74) is 1.02. The molecular formula is C15H22N2O2S. The third-order valence-electron chi connectivity index (χ3n) is 3.60. The molecule has 0 saturated carbocycles. The van der Waals surface area contributed by atoms with E-state index >= 15 is 0 Å². The van der Waals surface area contributed by atoms with Gasteiger partial charge in [-0.3, -0.25) is 0 Å². The van der Waals surface area contributed by atoms with E-state index < -0.39 is 5.97 Å². The topological polar surface area (TPSA) is 43.8 Å². The summed E-state index contributed by atoms with van der Waals surface area (Å²) in [7, 11) is 2.13. The fourth-order valence-electron chi connectivity index (χ4n) is 2.43. The number of nitrogens with zero attached hydrogens (tertiary/aromatic N) is 2. The molecule has 1 aliphatic heterocycles. The molecule has 0 radical (unpaired) electrons. The molecule has 4 nitrogen and oxygen atoms in total. The molecule has 2 heterocycles. The number of carboxylic acids is 1. The average Bonchev–Trinajstić information content (AvgIpc) is 3.05. The molecule has 2 rings (SSSR count). The van der Waals surface area contributed by atoms with Crippen LogP contribution in [0, 0.1) is 0 Å². The van der Waals surface area contributed by atoms with Gasteiger partial charge in [-0.15, -0.1) is 11.3 Å². The van der Waals surface area contributed by atoms with Crippen LogP contribution < -0.4 is 0 Å². The zero-order chi connectivity index (χ0) is 14.4. The predicted molar refractivity (Wildman–Crippen MR) is 83.0 cm³/mol. The van der Waals surface area contributed by atoms with Gasteiger partial charge in [0.25, 0.3) is 0 Å². The maximum absolute atomic E-state index is 10.6. The lowest BCUT2D eigenvalue weighted by atomic mass is 10.2. The molecule has 5 heteroatoms. The number of likely N-dealkylation sites (tertiary alicyclic amines) is 1. The maximum atomic E-state index is 10.6. The van der Waals surface area contributed by atoms with Gasteiger partial charge in [-0.05, 0) is 56.1 Å². The van der Waals surface area contributed by atoms with E-state index in [0.29, 0.717) is 0 Å². The zero-order valence-electron chi connectivity index (χ0n) is 11.9. The average molecular weight is 294 g/mol. The van der Waals surface area contributed by atoms with Gasteiger partial charge in [0.15, 0.2) is 0 Å². The van der Waals surface area contributed by atoms with Crippen LogP contribution in [-0.4, -0.2) is 54.1 Å². The van der Waals surface area contributed by atoms with E-state index in [0.717, 1.165) is 25.2 Å². The van der Waals surface area contributed by atoms with Gasteiger partial charge in [-0.1, -0.05) is 0 Å². The minimum Gasteiger partial charge on any atom is -0.478 e. The molecule has 1 aliphatic rings. The maximum Gasteiger partial charge on any atom is 0.328 e. The summed E-state index contributed by atoms with van der Waals surface area (Å²) in [6.07, 6.45) is 5.55. The van der Waals surface area contributed by atoms with Crippen LogP contribution in [0.1, 0.15) is 23.3 Å². The molecule has 0 aliphatic carbocycles. The van der Waals surface area contributed by atoms with Crippen molar-refractivity contribution in [3.05, 3.63) is 28.0 Å². The summed E-state index contributed by atoms with van der Waals surface area (Å²) in [5, 5.41) is 10.7. The number of likely N-dealkylation sites (N-methyl/N-ethyl adjacent to an activating group) is 1. The SMILES string of the molecule is CN(CCN1CCCC1)Cc1sccc1C=CC(=O)O. The van der Waals surface area contributed by atoms with Gasteiger partial charge in [0.1, 0.15) is 0 Å². The second kappa shape index (κ2) is 7.57. The van der Waals surface area contributed by atoms with Crippen molar-refractivity contribution in [1.29, 1.82) is 0 Å². The van der Waals surface area contributed by atoms with Gasteiger partial charge in [0, 0.05) is 30.6 Å². The Labute approximate surface area is 124 Å². The molecule has 0 aromatic carbocycles. The van der Waals surface area contributed by atoms with Crippen LogP contribution in [0.4, 0.5) is 0 Å². The van der Waals surface area contributed by atoms with Gasteiger partial charge in [-0.2, -0.15) is 0 Å². The molecule has 1 saturated heterocycles. The number of carboxylic acid groups (broad SMARTS) is 1. The highest BCUT2D eigenvalue weighted by molar-refractivity contribution is 7.10. The van der Waals surface area contributed by atoms with Crippen LogP contribution in [0.15, 0.2) is 17.5 Å². The van der Waals surface area contributed by atoms with Gasteiger partial charge in [-0.25, -0.2) is 4.79 Å². The molecule has 0 amide bonds. The molecule has 0 unspecified atom stereocenters. The first-order chi connectivity index (χ1) is 9.65. The van der Waals surface area contributed by atoms with Crippen LogP contribution in [0.2, 0.25) is 0 Å². The van der Waals surface area contributed by atoms with Crippen molar-refractivity contribution in [3.8, 4) is 0 Å². The van der Waals surface area contributed by atoms with E-state index in [1.54, 1.807) is 17.4 Å². The Morgan fingerprint density at radius 1 is 1.50 bits per heavy atom. The Balaban J connectivity index is 1.82. The second-order valence-electron chi connectivity index (χ2n) is 5.26. The van der Waals surface area contributed by atoms with Gasteiger partial charge in [0.05, 0.1) is 0 Å². The first-order valence-corrected chi connectivity index (χ1v) is 7.91. The van der Waals surface area contributed by atoms with Crippen molar-refractivity contribution in [2.45, 2.75) is 19.4 Å². The molecule has 1 N–H and O–H groups in total. The third-order valence-corrected chi connectivity index (χ3v) is 4.52. The van der Waals surface area contributed by atoms with Gasteiger partial charge < -0.3 is 14.9 Å². The number of aliphatic carboxylic acids is 1. The van der Waals surface area contributed by atoms with E-state index in [2.05, 4.69) is 16.8 Å². The van der Waals surface area contributed by atoms with E-state index in [1.807, 2.05) is 11.4 Å². The fourth-order valence-corrected chi connectivity index (χ4v) is 3.38. The zero-order valence-corrected chi connectivity index (χ0v) is 12.7.